The normalized spacial score (nSPS) is 20.5. The molecule has 3 heterocycles. The Bertz CT molecular complexity index is 1240. The molecule has 0 saturated carbocycles. The van der Waals surface area contributed by atoms with E-state index < -0.39 is 6.29 Å². The highest BCUT2D eigenvalue weighted by molar-refractivity contribution is 5.95. The van der Waals surface area contributed by atoms with Gasteiger partial charge in [0, 0.05) is 69.6 Å². The van der Waals surface area contributed by atoms with Crippen LogP contribution in [0, 0.1) is 5.92 Å². The number of benzene rings is 1. The van der Waals surface area contributed by atoms with Gasteiger partial charge in [-0.2, -0.15) is 0 Å². The molecule has 1 aromatic heterocycles. The molecule has 2 N–H and O–H groups in total. The third-order valence-electron chi connectivity index (χ3n) is 7.65. The zero-order chi connectivity index (χ0) is 29.9. The minimum absolute atomic E-state index is 0.0363. The van der Waals surface area contributed by atoms with Crippen LogP contribution in [0.5, 0.6) is 0 Å². The van der Waals surface area contributed by atoms with Crippen molar-refractivity contribution in [2.24, 2.45) is 5.92 Å². The van der Waals surface area contributed by atoms with E-state index in [4.69, 9.17) is 24.1 Å². The minimum Gasteiger partial charge on any atom is -0.459 e. The van der Waals surface area contributed by atoms with Gasteiger partial charge >= 0.3 is 0 Å². The molecule has 0 radical (unpaired) electrons. The van der Waals surface area contributed by atoms with E-state index in [2.05, 4.69) is 5.32 Å². The second-order valence-electron chi connectivity index (χ2n) is 10.5. The first-order chi connectivity index (χ1) is 20.4. The van der Waals surface area contributed by atoms with Crippen molar-refractivity contribution < 1.29 is 38.4 Å². The minimum atomic E-state index is -0.707. The van der Waals surface area contributed by atoms with Crippen LogP contribution in [0.2, 0.25) is 0 Å². The molecule has 4 rings (SSSR count). The number of nitrogens with one attached hydrogen (secondary N) is 1. The molecule has 11 nitrogen and oxygen atoms in total. The van der Waals surface area contributed by atoms with Gasteiger partial charge in [0.15, 0.2) is 5.76 Å². The Morgan fingerprint density at radius 2 is 1.93 bits per heavy atom. The Kier molecular flexibility index (Phi) is 11.9. The molecule has 2 aromatic rings. The van der Waals surface area contributed by atoms with E-state index in [0.717, 1.165) is 29.4 Å². The number of ether oxygens (including phenoxy) is 4. The monoisotopic (exact) mass is 585 g/mol. The summed E-state index contributed by atoms with van der Waals surface area (Å²) in [7, 11) is 0. The first kappa shape index (κ1) is 31.7. The molecular weight excluding hydrogens is 542 g/mol. The third-order valence-corrected chi connectivity index (χ3v) is 7.65. The second-order valence-corrected chi connectivity index (χ2v) is 10.5. The van der Waals surface area contributed by atoms with Crippen LogP contribution in [0.4, 0.5) is 0 Å². The largest absolute Gasteiger partial charge is 0.459 e. The van der Waals surface area contributed by atoms with Gasteiger partial charge in [-0.1, -0.05) is 18.2 Å². The predicted octanol–water partition coefficient (Wildman–Crippen LogP) is 2.82. The van der Waals surface area contributed by atoms with Crippen LogP contribution >= 0.6 is 0 Å². The number of aliphatic hydroxyl groups excluding tert-OH is 1. The number of fused-ring (bicyclic) bond motifs is 1. The van der Waals surface area contributed by atoms with Crippen LogP contribution < -0.4 is 5.32 Å². The fourth-order valence-corrected chi connectivity index (χ4v) is 5.63. The molecule has 230 valence electrons. The Morgan fingerprint density at radius 3 is 2.64 bits per heavy atom. The number of carbonyl (C=O) groups excluding carboxylic acids is 3. The van der Waals surface area contributed by atoms with Gasteiger partial charge in [-0.15, -0.1) is 0 Å². The molecule has 11 heteroatoms. The Balaban J connectivity index is 1.55. The van der Waals surface area contributed by atoms with E-state index in [1.165, 1.54) is 6.92 Å². The number of aromatic nitrogens is 1. The summed E-state index contributed by atoms with van der Waals surface area (Å²) in [6.07, 6.45) is 5.67. The quantitative estimate of drug-likeness (QED) is 0.288. The van der Waals surface area contributed by atoms with Gasteiger partial charge in [-0.05, 0) is 43.9 Å². The molecule has 2 aliphatic rings. The molecule has 2 amide bonds. The average Bonchev–Trinajstić information content (AvgIpc) is 3.58. The summed E-state index contributed by atoms with van der Waals surface area (Å²) in [5, 5.41) is 12.7. The maximum Gasteiger partial charge on any atom is 0.286 e. The number of allylic oxidation sites excluding steroid dienone is 1. The van der Waals surface area contributed by atoms with Gasteiger partial charge in [-0.3, -0.25) is 19.0 Å². The van der Waals surface area contributed by atoms with E-state index in [9.17, 15) is 14.4 Å². The molecule has 1 saturated heterocycles. The molecule has 2 aliphatic heterocycles. The van der Waals surface area contributed by atoms with Crippen molar-refractivity contribution in [3.05, 3.63) is 47.9 Å². The summed E-state index contributed by atoms with van der Waals surface area (Å²) >= 11 is 0. The number of hydrogen-bond donors (Lipinski definition) is 2. The van der Waals surface area contributed by atoms with Gasteiger partial charge in [0.2, 0.25) is 18.1 Å². The van der Waals surface area contributed by atoms with Crippen LogP contribution in [0.1, 0.15) is 55.8 Å². The zero-order valence-electron chi connectivity index (χ0n) is 24.6. The first-order valence-corrected chi connectivity index (χ1v) is 14.9. The standard InChI is InChI=1S/C31H43N3O8/c1-3-41-31-24(11-16-39-18-19-40-17-15-35)25(26-21-34(22(2)36)27-9-5-4-8-23(26)27)20-28(42-31)30(38)32-12-7-14-33-13-6-10-29(33)37/h4-5,8-9,20-21,24-25,31,35H,3,6-7,10-19H2,1-2H3,(H,32,38)/t24-,25+,31-/m0/s1. The summed E-state index contributed by atoms with van der Waals surface area (Å²) in [5.74, 6) is -0.606. The van der Waals surface area contributed by atoms with Crippen molar-refractivity contribution in [2.75, 3.05) is 59.3 Å². The smallest absolute Gasteiger partial charge is 0.286 e. The van der Waals surface area contributed by atoms with Crippen molar-refractivity contribution in [1.82, 2.24) is 14.8 Å². The fourth-order valence-electron chi connectivity index (χ4n) is 5.63. The lowest BCUT2D eigenvalue weighted by molar-refractivity contribution is -0.168. The zero-order valence-corrected chi connectivity index (χ0v) is 24.6. The molecule has 0 aliphatic carbocycles. The summed E-state index contributed by atoms with van der Waals surface area (Å²) in [6, 6.07) is 7.72. The molecule has 1 aromatic carbocycles. The summed E-state index contributed by atoms with van der Waals surface area (Å²) in [4.78, 5) is 39.5. The van der Waals surface area contributed by atoms with Crippen molar-refractivity contribution in [1.29, 1.82) is 0 Å². The highest BCUT2D eigenvalue weighted by Crippen LogP contribution is 2.42. The number of likely N-dealkylation sites (tertiary alicyclic amines) is 1. The number of amides is 2. The average molecular weight is 586 g/mol. The highest BCUT2D eigenvalue weighted by Gasteiger charge is 2.39. The number of hydrogen-bond acceptors (Lipinski definition) is 8. The van der Waals surface area contributed by atoms with Crippen molar-refractivity contribution >= 4 is 28.6 Å². The second kappa shape index (κ2) is 15.8. The lowest BCUT2D eigenvalue weighted by Crippen LogP contribution is -2.40. The summed E-state index contributed by atoms with van der Waals surface area (Å²) < 4.78 is 24.9. The van der Waals surface area contributed by atoms with E-state index in [0.29, 0.717) is 58.8 Å². The van der Waals surface area contributed by atoms with E-state index >= 15 is 0 Å². The van der Waals surface area contributed by atoms with E-state index in [1.807, 2.05) is 48.4 Å². The maximum atomic E-state index is 13.3. The molecule has 0 spiro atoms. The maximum absolute atomic E-state index is 13.3. The van der Waals surface area contributed by atoms with Crippen molar-refractivity contribution in [3.63, 3.8) is 0 Å². The van der Waals surface area contributed by atoms with Crippen molar-refractivity contribution in [3.8, 4) is 0 Å². The van der Waals surface area contributed by atoms with Crippen molar-refractivity contribution in [2.45, 2.75) is 51.7 Å². The third kappa shape index (κ3) is 7.97. The van der Waals surface area contributed by atoms with Crippen LogP contribution in [0.25, 0.3) is 10.9 Å². The van der Waals surface area contributed by atoms with Gasteiger partial charge in [-0.25, -0.2) is 0 Å². The Morgan fingerprint density at radius 1 is 1.14 bits per heavy atom. The van der Waals surface area contributed by atoms with E-state index in [-0.39, 0.29) is 48.5 Å². The highest BCUT2D eigenvalue weighted by atomic mass is 16.7. The molecule has 3 atom stereocenters. The Labute approximate surface area is 246 Å². The van der Waals surface area contributed by atoms with Gasteiger partial charge in [0.1, 0.15) is 0 Å². The van der Waals surface area contributed by atoms with Gasteiger partial charge < -0.3 is 34.3 Å². The molecule has 1 fully saturated rings. The van der Waals surface area contributed by atoms with Gasteiger partial charge in [0.05, 0.1) is 31.9 Å². The first-order valence-electron chi connectivity index (χ1n) is 14.9. The molecular formula is C31H43N3O8. The topological polar surface area (TPSA) is 129 Å². The molecule has 0 unspecified atom stereocenters. The number of nitrogens with zero attached hydrogens (tertiary/aromatic N) is 2. The van der Waals surface area contributed by atoms with Crippen LogP contribution in [-0.4, -0.2) is 97.9 Å². The van der Waals surface area contributed by atoms with Crippen LogP contribution in [0.3, 0.4) is 0 Å². The SMILES string of the molecule is CCO[C@H]1OC(C(=O)NCCCN2CCCC2=O)=C[C@@H](c2cn(C(C)=O)c3ccccc23)[C@@H]1CCOCCOCCO. The fraction of sp³-hybridized carbons (Fsp3) is 0.581. The van der Waals surface area contributed by atoms with Gasteiger partial charge in [0.25, 0.3) is 5.91 Å². The molecule has 42 heavy (non-hydrogen) atoms. The number of para-hydroxylation sites is 1. The summed E-state index contributed by atoms with van der Waals surface area (Å²) in [6.45, 7) is 6.98. The van der Waals surface area contributed by atoms with Crippen LogP contribution in [0.15, 0.2) is 42.3 Å². The van der Waals surface area contributed by atoms with Crippen LogP contribution in [-0.2, 0) is 28.5 Å². The number of carbonyl (C=O) groups is 3. The van der Waals surface area contributed by atoms with E-state index in [1.54, 1.807) is 4.57 Å². The lowest BCUT2D eigenvalue weighted by Gasteiger charge is -2.36. The lowest BCUT2D eigenvalue weighted by atomic mass is 9.81. The molecule has 0 bridgehead atoms. The number of aliphatic hydroxyl groups is 1. The predicted molar refractivity (Wildman–Crippen MR) is 156 cm³/mol. The number of rotatable bonds is 16. The summed E-state index contributed by atoms with van der Waals surface area (Å²) in [5.41, 5.74) is 1.70. The Hall–Kier alpha value is -3.25.